The highest BCUT2D eigenvalue weighted by molar-refractivity contribution is 4.96. The van der Waals surface area contributed by atoms with Crippen molar-refractivity contribution >= 4 is 0 Å². The molecule has 1 atom stereocenters. The van der Waals surface area contributed by atoms with Crippen LogP contribution in [0.1, 0.15) is 32.1 Å². The minimum Gasteiger partial charge on any atom is -0.389 e. The van der Waals surface area contributed by atoms with Gasteiger partial charge in [-0.15, -0.1) is 0 Å². The molecule has 3 nitrogen and oxygen atoms in total. The van der Waals surface area contributed by atoms with Gasteiger partial charge in [0.25, 0.3) is 0 Å². The molecule has 0 radical (unpaired) electrons. The zero-order valence-electron chi connectivity index (χ0n) is 9.13. The molecule has 0 bridgehead atoms. The van der Waals surface area contributed by atoms with E-state index in [0.29, 0.717) is 6.04 Å². The van der Waals surface area contributed by atoms with Crippen LogP contribution in [-0.4, -0.2) is 48.3 Å². The first-order valence-electron chi connectivity index (χ1n) is 5.84. The van der Waals surface area contributed by atoms with Crippen LogP contribution in [0.15, 0.2) is 0 Å². The first kappa shape index (κ1) is 10.4. The standard InChI is InChI=1S/C11H22N2O/c1-12-10-4-2-3-7-13(8-10)9-11(14)5-6-11/h10,12,14H,2-9H2,1H3. The van der Waals surface area contributed by atoms with Crippen LogP contribution in [0.2, 0.25) is 0 Å². The first-order chi connectivity index (χ1) is 6.72. The molecule has 2 N–H and O–H groups in total. The molecule has 2 fully saturated rings. The average Bonchev–Trinajstić information content (AvgIpc) is 2.91. The van der Waals surface area contributed by atoms with Crippen molar-refractivity contribution in [2.45, 2.75) is 43.7 Å². The summed E-state index contributed by atoms with van der Waals surface area (Å²) in [5, 5.41) is 13.2. The van der Waals surface area contributed by atoms with Crippen LogP contribution in [0.25, 0.3) is 0 Å². The van der Waals surface area contributed by atoms with Crippen molar-refractivity contribution in [1.82, 2.24) is 10.2 Å². The van der Waals surface area contributed by atoms with E-state index in [1.807, 2.05) is 7.05 Å². The third-order valence-electron chi connectivity index (χ3n) is 3.51. The van der Waals surface area contributed by atoms with Crippen LogP contribution in [0.3, 0.4) is 0 Å². The third kappa shape index (κ3) is 2.69. The summed E-state index contributed by atoms with van der Waals surface area (Å²) in [6, 6.07) is 0.625. The second kappa shape index (κ2) is 4.17. The summed E-state index contributed by atoms with van der Waals surface area (Å²) in [6.07, 6.45) is 5.90. The fourth-order valence-corrected chi connectivity index (χ4v) is 2.32. The molecule has 2 rings (SSSR count). The van der Waals surface area contributed by atoms with Gasteiger partial charge in [-0.2, -0.15) is 0 Å². The van der Waals surface area contributed by atoms with Crippen LogP contribution >= 0.6 is 0 Å². The lowest BCUT2D eigenvalue weighted by Crippen LogP contribution is -2.41. The molecule has 1 saturated heterocycles. The molecule has 1 saturated carbocycles. The second-order valence-electron chi connectivity index (χ2n) is 4.94. The topological polar surface area (TPSA) is 35.5 Å². The van der Waals surface area contributed by atoms with E-state index in [9.17, 15) is 5.11 Å². The predicted molar refractivity (Wildman–Crippen MR) is 57.3 cm³/mol. The van der Waals surface area contributed by atoms with Gasteiger partial charge in [-0.25, -0.2) is 0 Å². The number of rotatable bonds is 3. The Morgan fingerprint density at radius 3 is 2.86 bits per heavy atom. The van der Waals surface area contributed by atoms with Crippen molar-refractivity contribution < 1.29 is 5.11 Å². The van der Waals surface area contributed by atoms with E-state index in [2.05, 4.69) is 10.2 Å². The van der Waals surface area contributed by atoms with Crippen molar-refractivity contribution in [2.75, 3.05) is 26.7 Å². The van der Waals surface area contributed by atoms with Crippen molar-refractivity contribution in [3.05, 3.63) is 0 Å². The number of nitrogens with zero attached hydrogens (tertiary/aromatic N) is 1. The van der Waals surface area contributed by atoms with Gasteiger partial charge in [0, 0.05) is 19.1 Å². The van der Waals surface area contributed by atoms with Crippen molar-refractivity contribution in [3.8, 4) is 0 Å². The Morgan fingerprint density at radius 1 is 1.43 bits per heavy atom. The summed E-state index contributed by atoms with van der Waals surface area (Å²) in [7, 11) is 2.04. The lowest BCUT2D eigenvalue weighted by Gasteiger charge is -2.26. The van der Waals surface area contributed by atoms with Crippen LogP contribution < -0.4 is 5.32 Å². The predicted octanol–water partition coefficient (Wildman–Crippen LogP) is 0.585. The number of likely N-dealkylation sites (tertiary alicyclic amines) is 1. The molecule has 2 aliphatic rings. The molecule has 82 valence electrons. The molecule has 1 aliphatic carbocycles. The lowest BCUT2D eigenvalue weighted by atomic mass is 10.1. The Labute approximate surface area is 86.5 Å². The smallest absolute Gasteiger partial charge is 0.0776 e. The molecular weight excluding hydrogens is 176 g/mol. The van der Waals surface area contributed by atoms with Gasteiger partial charge in [-0.05, 0) is 39.3 Å². The van der Waals surface area contributed by atoms with E-state index in [1.165, 1.54) is 25.8 Å². The SMILES string of the molecule is CNC1CCCCN(CC2(O)CC2)C1. The summed E-state index contributed by atoms with van der Waals surface area (Å²) in [6.45, 7) is 3.17. The zero-order valence-corrected chi connectivity index (χ0v) is 9.13. The highest BCUT2D eigenvalue weighted by Crippen LogP contribution is 2.36. The number of β-amino-alcohol motifs (C(OH)–C–C–N with tert-alkyl or cyclic N) is 1. The number of aliphatic hydroxyl groups is 1. The summed E-state index contributed by atoms with van der Waals surface area (Å²) >= 11 is 0. The zero-order chi connectivity index (χ0) is 10.0. The van der Waals surface area contributed by atoms with Crippen LogP contribution in [0.5, 0.6) is 0 Å². The highest BCUT2D eigenvalue weighted by atomic mass is 16.3. The Balaban J connectivity index is 1.83. The molecule has 0 aromatic heterocycles. The number of hydrogen-bond donors (Lipinski definition) is 2. The highest BCUT2D eigenvalue weighted by Gasteiger charge is 2.41. The molecule has 3 heteroatoms. The molecular formula is C11H22N2O. The summed E-state index contributed by atoms with van der Waals surface area (Å²) in [4.78, 5) is 2.43. The average molecular weight is 198 g/mol. The van der Waals surface area contributed by atoms with E-state index >= 15 is 0 Å². The van der Waals surface area contributed by atoms with E-state index in [1.54, 1.807) is 0 Å². The van der Waals surface area contributed by atoms with Gasteiger partial charge in [0.15, 0.2) is 0 Å². The largest absolute Gasteiger partial charge is 0.389 e. The van der Waals surface area contributed by atoms with Crippen molar-refractivity contribution in [2.24, 2.45) is 0 Å². The molecule has 14 heavy (non-hydrogen) atoms. The van der Waals surface area contributed by atoms with Gasteiger partial charge in [0.05, 0.1) is 5.60 Å². The minimum atomic E-state index is -0.317. The maximum Gasteiger partial charge on any atom is 0.0776 e. The summed E-state index contributed by atoms with van der Waals surface area (Å²) in [5.41, 5.74) is -0.317. The van der Waals surface area contributed by atoms with E-state index in [4.69, 9.17) is 0 Å². The maximum atomic E-state index is 9.87. The molecule has 0 spiro atoms. The Kier molecular flexibility index (Phi) is 3.10. The molecule has 0 aromatic carbocycles. The number of nitrogens with one attached hydrogen (secondary N) is 1. The molecule has 1 unspecified atom stereocenters. The fraction of sp³-hybridized carbons (Fsp3) is 1.00. The van der Waals surface area contributed by atoms with Crippen LogP contribution in [0, 0.1) is 0 Å². The summed E-state index contributed by atoms with van der Waals surface area (Å²) in [5.74, 6) is 0. The van der Waals surface area contributed by atoms with Gasteiger partial charge in [0.2, 0.25) is 0 Å². The van der Waals surface area contributed by atoms with E-state index in [-0.39, 0.29) is 5.60 Å². The maximum absolute atomic E-state index is 9.87. The van der Waals surface area contributed by atoms with Crippen molar-refractivity contribution in [1.29, 1.82) is 0 Å². The van der Waals surface area contributed by atoms with Crippen LogP contribution in [-0.2, 0) is 0 Å². The van der Waals surface area contributed by atoms with Gasteiger partial charge in [-0.3, -0.25) is 4.90 Å². The van der Waals surface area contributed by atoms with Crippen LogP contribution in [0.4, 0.5) is 0 Å². The minimum absolute atomic E-state index is 0.317. The van der Waals surface area contributed by atoms with E-state index < -0.39 is 0 Å². The normalized spacial score (nSPS) is 32.6. The number of likely N-dealkylation sites (N-methyl/N-ethyl adjacent to an activating group) is 1. The van der Waals surface area contributed by atoms with E-state index in [0.717, 1.165) is 25.9 Å². The Hall–Kier alpha value is -0.120. The van der Waals surface area contributed by atoms with Gasteiger partial charge >= 0.3 is 0 Å². The monoisotopic (exact) mass is 198 g/mol. The molecule has 0 aromatic rings. The molecule has 1 aliphatic heterocycles. The molecule has 0 amide bonds. The summed E-state index contributed by atoms with van der Waals surface area (Å²) < 4.78 is 0. The van der Waals surface area contributed by atoms with Gasteiger partial charge in [0.1, 0.15) is 0 Å². The lowest BCUT2D eigenvalue weighted by molar-refractivity contribution is 0.0902. The number of hydrogen-bond acceptors (Lipinski definition) is 3. The quantitative estimate of drug-likeness (QED) is 0.696. The molecule has 1 heterocycles. The fourth-order valence-electron chi connectivity index (χ4n) is 2.32. The third-order valence-corrected chi connectivity index (χ3v) is 3.51. The Bertz CT molecular complexity index is 192. The second-order valence-corrected chi connectivity index (χ2v) is 4.94. The van der Waals surface area contributed by atoms with Crippen molar-refractivity contribution in [3.63, 3.8) is 0 Å². The van der Waals surface area contributed by atoms with Gasteiger partial charge in [-0.1, -0.05) is 6.42 Å². The first-order valence-corrected chi connectivity index (χ1v) is 5.84. The Morgan fingerprint density at radius 2 is 2.21 bits per heavy atom. The van der Waals surface area contributed by atoms with Gasteiger partial charge < -0.3 is 10.4 Å².